The van der Waals surface area contributed by atoms with Gasteiger partial charge in [-0.05, 0) is 35.0 Å². The molecule has 0 N–H and O–H groups in total. The fourth-order valence-corrected chi connectivity index (χ4v) is 4.67. The number of carbonyl (C=O) groups excluding carboxylic acids is 2. The van der Waals surface area contributed by atoms with Crippen molar-refractivity contribution in [2.24, 2.45) is 0 Å². The third-order valence-electron chi connectivity index (χ3n) is 4.65. The molecule has 1 aliphatic rings. The average molecular weight is 431 g/mol. The molecular weight excluding hydrogens is 411 g/mol. The summed E-state index contributed by atoms with van der Waals surface area (Å²) < 4.78 is 18.8. The van der Waals surface area contributed by atoms with Crippen LogP contribution in [0.5, 0.6) is 5.75 Å². The van der Waals surface area contributed by atoms with Gasteiger partial charge in [0.25, 0.3) is 11.8 Å². The van der Waals surface area contributed by atoms with Crippen molar-refractivity contribution < 1.29 is 18.7 Å². The predicted octanol–water partition coefficient (Wildman–Crippen LogP) is 4.13. The first-order valence-electron chi connectivity index (χ1n) is 9.18. The molecule has 29 heavy (non-hydrogen) atoms. The van der Waals surface area contributed by atoms with Gasteiger partial charge in [0.15, 0.2) is 0 Å². The number of benzene rings is 1. The lowest BCUT2D eigenvalue weighted by atomic mass is 10.2. The Balaban J connectivity index is 1.31. The number of thiophene rings is 2. The Bertz CT molecular complexity index is 995. The molecule has 1 aromatic carbocycles. The van der Waals surface area contributed by atoms with Crippen molar-refractivity contribution in [3.8, 4) is 5.75 Å². The summed E-state index contributed by atoms with van der Waals surface area (Å²) in [5.41, 5.74) is 0.870. The van der Waals surface area contributed by atoms with Gasteiger partial charge in [0.1, 0.15) is 18.2 Å². The monoisotopic (exact) mass is 430 g/mol. The molecule has 0 atom stereocenters. The number of amides is 2. The lowest BCUT2D eigenvalue weighted by molar-refractivity contribution is 0.0540. The third kappa shape index (κ3) is 4.65. The zero-order valence-electron chi connectivity index (χ0n) is 15.5. The van der Waals surface area contributed by atoms with Gasteiger partial charge >= 0.3 is 0 Å². The van der Waals surface area contributed by atoms with E-state index < -0.39 is 0 Å². The van der Waals surface area contributed by atoms with Crippen molar-refractivity contribution in [3.05, 3.63) is 74.4 Å². The van der Waals surface area contributed by atoms with Crippen LogP contribution in [0.25, 0.3) is 0 Å². The van der Waals surface area contributed by atoms with Gasteiger partial charge in [0, 0.05) is 37.8 Å². The van der Waals surface area contributed by atoms with E-state index in [-0.39, 0.29) is 24.2 Å². The van der Waals surface area contributed by atoms with Gasteiger partial charge in [0.2, 0.25) is 0 Å². The quantitative estimate of drug-likeness (QED) is 0.612. The Morgan fingerprint density at radius 3 is 2.31 bits per heavy atom. The smallest absolute Gasteiger partial charge is 0.264 e. The van der Waals surface area contributed by atoms with Crippen LogP contribution in [0.2, 0.25) is 0 Å². The summed E-state index contributed by atoms with van der Waals surface area (Å²) in [4.78, 5) is 30.1. The average Bonchev–Trinajstić information content (AvgIpc) is 3.44. The molecule has 150 valence electrons. The lowest BCUT2D eigenvalue weighted by Gasteiger charge is -2.34. The molecule has 1 saturated heterocycles. The van der Waals surface area contributed by atoms with Gasteiger partial charge in [-0.3, -0.25) is 9.59 Å². The molecule has 0 bridgehead atoms. The highest BCUT2D eigenvalue weighted by Crippen LogP contribution is 2.21. The molecule has 0 unspecified atom stereocenters. The minimum absolute atomic E-state index is 0.0278. The maximum Gasteiger partial charge on any atom is 0.264 e. The standard InChI is InChI=1S/C21H19FN2O3S2/c22-16-3-1-4-17(12-16)27-13-15-11-19(29-14-15)21(26)24-8-6-23(7-9-24)20(25)18-5-2-10-28-18/h1-5,10-12,14H,6-9,13H2. The van der Waals surface area contributed by atoms with Crippen LogP contribution in [0, 0.1) is 5.82 Å². The summed E-state index contributed by atoms with van der Waals surface area (Å²) in [6, 6.07) is 11.5. The van der Waals surface area contributed by atoms with Gasteiger partial charge in [-0.1, -0.05) is 12.1 Å². The number of ether oxygens (including phenoxy) is 1. The number of rotatable bonds is 5. The van der Waals surface area contributed by atoms with Crippen LogP contribution in [0.4, 0.5) is 4.39 Å². The van der Waals surface area contributed by atoms with Gasteiger partial charge in [-0.15, -0.1) is 22.7 Å². The first kappa shape index (κ1) is 19.6. The third-order valence-corrected chi connectivity index (χ3v) is 6.48. The van der Waals surface area contributed by atoms with E-state index >= 15 is 0 Å². The highest BCUT2D eigenvalue weighted by Gasteiger charge is 2.26. The van der Waals surface area contributed by atoms with Crippen LogP contribution in [0.1, 0.15) is 24.9 Å². The largest absolute Gasteiger partial charge is 0.489 e. The topological polar surface area (TPSA) is 49.9 Å². The molecular formula is C21H19FN2O3S2. The number of carbonyl (C=O) groups is 2. The summed E-state index contributed by atoms with van der Waals surface area (Å²) in [7, 11) is 0. The summed E-state index contributed by atoms with van der Waals surface area (Å²) in [5.74, 6) is 0.103. The maximum absolute atomic E-state index is 13.2. The Morgan fingerprint density at radius 2 is 1.66 bits per heavy atom. The molecule has 0 aliphatic carbocycles. The number of hydrogen-bond acceptors (Lipinski definition) is 5. The molecule has 8 heteroatoms. The van der Waals surface area contributed by atoms with Crippen molar-refractivity contribution >= 4 is 34.5 Å². The lowest BCUT2D eigenvalue weighted by Crippen LogP contribution is -2.50. The number of hydrogen-bond donors (Lipinski definition) is 0. The van der Waals surface area contributed by atoms with Gasteiger partial charge in [0.05, 0.1) is 9.75 Å². The Morgan fingerprint density at radius 1 is 0.931 bits per heavy atom. The van der Waals surface area contributed by atoms with E-state index in [2.05, 4.69) is 0 Å². The normalized spacial score (nSPS) is 14.1. The van der Waals surface area contributed by atoms with Crippen molar-refractivity contribution in [1.29, 1.82) is 0 Å². The van der Waals surface area contributed by atoms with E-state index in [1.165, 1.54) is 34.8 Å². The SMILES string of the molecule is O=C(c1cccs1)N1CCN(C(=O)c2cc(COc3cccc(F)c3)cs2)CC1. The van der Waals surface area contributed by atoms with E-state index in [9.17, 15) is 14.0 Å². The van der Waals surface area contributed by atoms with Crippen LogP contribution in [0.3, 0.4) is 0 Å². The first-order chi connectivity index (χ1) is 14.1. The molecule has 0 saturated carbocycles. The predicted molar refractivity (Wildman–Crippen MR) is 111 cm³/mol. The van der Waals surface area contributed by atoms with E-state index in [4.69, 9.17) is 4.74 Å². The minimum atomic E-state index is -0.347. The van der Waals surface area contributed by atoms with E-state index in [1.807, 2.05) is 29.0 Å². The van der Waals surface area contributed by atoms with Crippen LogP contribution >= 0.6 is 22.7 Å². The fourth-order valence-electron chi connectivity index (χ4n) is 3.11. The Labute approximate surface area is 175 Å². The highest BCUT2D eigenvalue weighted by atomic mass is 32.1. The molecule has 1 aliphatic heterocycles. The van der Waals surface area contributed by atoms with Gasteiger partial charge in [-0.2, -0.15) is 0 Å². The van der Waals surface area contributed by atoms with Crippen molar-refractivity contribution in [3.63, 3.8) is 0 Å². The molecule has 4 rings (SSSR count). The van der Waals surface area contributed by atoms with E-state index in [0.29, 0.717) is 36.8 Å². The summed E-state index contributed by atoms with van der Waals surface area (Å²) >= 11 is 2.80. The van der Waals surface area contributed by atoms with E-state index in [1.54, 1.807) is 21.9 Å². The Kier molecular flexibility index (Phi) is 5.92. The second-order valence-corrected chi connectivity index (χ2v) is 8.49. The molecule has 2 aromatic heterocycles. The fraction of sp³-hybridized carbons (Fsp3) is 0.238. The summed E-state index contributed by atoms with van der Waals surface area (Å²) in [6.07, 6.45) is 0. The zero-order valence-corrected chi connectivity index (χ0v) is 17.2. The second-order valence-electron chi connectivity index (χ2n) is 6.63. The van der Waals surface area contributed by atoms with Crippen molar-refractivity contribution in [1.82, 2.24) is 9.80 Å². The number of piperazine rings is 1. The molecule has 3 aromatic rings. The first-order valence-corrected chi connectivity index (χ1v) is 10.9. The van der Waals surface area contributed by atoms with Crippen LogP contribution in [-0.4, -0.2) is 47.8 Å². The molecule has 0 spiro atoms. The maximum atomic E-state index is 13.2. The van der Waals surface area contributed by atoms with Crippen molar-refractivity contribution in [2.45, 2.75) is 6.61 Å². The van der Waals surface area contributed by atoms with Crippen LogP contribution in [-0.2, 0) is 6.61 Å². The summed E-state index contributed by atoms with van der Waals surface area (Å²) in [5, 5.41) is 3.77. The molecule has 1 fully saturated rings. The molecule has 3 heterocycles. The van der Waals surface area contributed by atoms with Crippen molar-refractivity contribution in [2.75, 3.05) is 26.2 Å². The second kappa shape index (κ2) is 8.75. The molecule has 0 radical (unpaired) electrons. The van der Waals surface area contributed by atoms with Gasteiger partial charge in [-0.25, -0.2) is 4.39 Å². The Hall–Kier alpha value is -2.71. The van der Waals surface area contributed by atoms with E-state index in [0.717, 1.165) is 10.4 Å². The number of nitrogens with zero attached hydrogens (tertiary/aromatic N) is 2. The highest BCUT2D eigenvalue weighted by molar-refractivity contribution is 7.12. The van der Waals surface area contributed by atoms with Gasteiger partial charge < -0.3 is 14.5 Å². The van der Waals surface area contributed by atoms with Crippen LogP contribution < -0.4 is 4.74 Å². The van der Waals surface area contributed by atoms with Crippen LogP contribution in [0.15, 0.2) is 53.2 Å². The minimum Gasteiger partial charge on any atom is -0.489 e. The number of halogens is 1. The zero-order chi connectivity index (χ0) is 20.2. The molecule has 5 nitrogen and oxygen atoms in total. The summed E-state index contributed by atoms with van der Waals surface area (Å²) in [6.45, 7) is 2.37. The molecule has 2 amide bonds.